The molecule has 3 amide bonds. The number of hydrogen-bond donors (Lipinski definition) is 5. The highest BCUT2D eigenvalue weighted by atomic mass is 16.3. The number of aliphatic hydroxyl groups is 1. The van der Waals surface area contributed by atoms with Crippen molar-refractivity contribution in [1.82, 2.24) is 16.0 Å². The van der Waals surface area contributed by atoms with Crippen LogP contribution in [-0.2, 0) is 16.6 Å². The van der Waals surface area contributed by atoms with Crippen LogP contribution in [0, 0.1) is 0 Å². The van der Waals surface area contributed by atoms with Crippen molar-refractivity contribution in [1.29, 1.82) is 0 Å². The molecule has 4 rings (SSSR count). The van der Waals surface area contributed by atoms with Gasteiger partial charge in [-0.2, -0.15) is 0 Å². The number of nitrogens with one attached hydrogen (secondary N) is 3. The molecular weight excluding hydrogens is 310 g/mol. The number of carbonyl (C=O) groups is 2. The molecule has 2 heterocycles. The molecule has 0 unspecified atom stereocenters. The number of rotatable bonds is 0. The predicted octanol–water partition coefficient (Wildman–Crippen LogP) is -0.101. The number of imide groups is 1. The predicted molar refractivity (Wildman–Crippen MR) is 85.6 cm³/mol. The lowest BCUT2D eigenvalue weighted by atomic mass is 9.52. The highest BCUT2D eigenvalue weighted by Crippen LogP contribution is 2.53. The molecule has 128 valence electrons. The summed E-state index contributed by atoms with van der Waals surface area (Å²) in [4.78, 5) is 24.1. The molecule has 5 N–H and O–H groups in total. The van der Waals surface area contributed by atoms with Crippen molar-refractivity contribution in [2.75, 3.05) is 13.1 Å². The smallest absolute Gasteiger partial charge is 0.321 e. The van der Waals surface area contributed by atoms with Crippen molar-refractivity contribution in [2.45, 2.75) is 42.7 Å². The molecule has 0 radical (unpaired) electrons. The van der Waals surface area contributed by atoms with Gasteiger partial charge in [0, 0.05) is 24.4 Å². The summed E-state index contributed by atoms with van der Waals surface area (Å²) in [6.45, 7) is 0.959. The van der Waals surface area contributed by atoms with Gasteiger partial charge in [0.05, 0.1) is 5.60 Å². The van der Waals surface area contributed by atoms with Crippen LogP contribution in [0.1, 0.15) is 30.4 Å². The van der Waals surface area contributed by atoms with Gasteiger partial charge < -0.3 is 20.8 Å². The van der Waals surface area contributed by atoms with E-state index in [0.717, 1.165) is 11.1 Å². The quantitative estimate of drug-likeness (QED) is 0.456. The first kappa shape index (κ1) is 15.4. The first-order chi connectivity index (χ1) is 11.4. The van der Waals surface area contributed by atoms with Gasteiger partial charge in [-0.3, -0.25) is 10.1 Å². The van der Waals surface area contributed by atoms with Crippen molar-refractivity contribution >= 4 is 11.9 Å². The molecular formula is C17H21N3O4. The van der Waals surface area contributed by atoms with Crippen LogP contribution < -0.4 is 16.0 Å². The van der Waals surface area contributed by atoms with Crippen LogP contribution in [0.5, 0.6) is 5.75 Å². The molecule has 1 aromatic carbocycles. The van der Waals surface area contributed by atoms with Crippen LogP contribution in [0.25, 0.3) is 0 Å². The summed E-state index contributed by atoms with van der Waals surface area (Å²) in [6, 6.07) is 4.45. The zero-order chi connectivity index (χ0) is 16.9. The molecule has 0 aromatic heterocycles. The van der Waals surface area contributed by atoms with E-state index in [1.165, 1.54) is 0 Å². The van der Waals surface area contributed by atoms with Crippen LogP contribution >= 0.6 is 0 Å². The maximum absolute atomic E-state index is 12.4. The molecule has 7 nitrogen and oxygen atoms in total. The van der Waals surface area contributed by atoms with Crippen molar-refractivity contribution < 1.29 is 19.8 Å². The molecule has 1 aliphatic carbocycles. The molecule has 3 atom stereocenters. The summed E-state index contributed by atoms with van der Waals surface area (Å²) in [5, 5.41) is 30.0. The molecule has 2 aliphatic heterocycles. The zero-order valence-corrected chi connectivity index (χ0v) is 13.3. The van der Waals surface area contributed by atoms with Gasteiger partial charge in [-0.05, 0) is 49.1 Å². The Balaban J connectivity index is 1.92. The van der Waals surface area contributed by atoms with Crippen LogP contribution in [0.4, 0.5) is 4.79 Å². The fraction of sp³-hybridized carbons (Fsp3) is 0.529. The van der Waals surface area contributed by atoms with Crippen LogP contribution in [-0.4, -0.2) is 46.9 Å². The van der Waals surface area contributed by atoms with Crippen molar-refractivity contribution in [3.8, 4) is 5.75 Å². The van der Waals surface area contributed by atoms with Gasteiger partial charge in [0.2, 0.25) is 5.91 Å². The summed E-state index contributed by atoms with van der Waals surface area (Å²) < 4.78 is 0. The Bertz CT molecular complexity index is 722. The molecule has 1 aromatic rings. The van der Waals surface area contributed by atoms with Crippen LogP contribution in [0.2, 0.25) is 0 Å². The monoisotopic (exact) mass is 331 g/mol. The van der Waals surface area contributed by atoms with E-state index in [1.807, 2.05) is 6.07 Å². The third kappa shape index (κ3) is 2.04. The largest absolute Gasteiger partial charge is 0.508 e. The average Bonchev–Trinajstić information content (AvgIpc) is 2.55. The number of piperidine rings is 1. The minimum Gasteiger partial charge on any atom is -0.508 e. The van der Waals surface area contributed by atoms with Gasteiger partial charge in [-0.25, -0.2) is 4.79 Å². The van der Waals surface area contributed by atoms with Gasteiger partial charge in [-0.15, -0.1) is 0 Å². The second-order valence-electron chi connectivity index (χ2n) is 7.04. The maximum Gasteiger partial charge on any atom is 0.321 e. The van der Waals surface area contributed by atoms with Gasteiger partial charge >= 0.3 is 6.03 Å². The zero-order valence-electron chi connectivity index (χ0n) is 13.3. The number of phenolic OH excluding ortho intramolecular Hbond substituents is 1. The fourth-order valence-electron chi connectivity index (χ4n) is 4.80. The van der Waals surface area contributed by atoms with E-state index in [0.29, 0.717) is 25.8 Å². The van der Waals surface area contributed by atoms with Gasteiger partial charge in [0.1, 0.15) is 5.75 Å². The minimum absolute atomic E-state index is 0.0194. The number of aromatic hydroxyl groups is 1. The number of phenols is 1. The van der Waals surface area contributed by atoms with Gasteiger partial charge in [-0.1, -0.05) is 6.07 Å². The highest BCUT2D eigenvalue weighted by molar-refractivity contribution is 5.95. The lowest BCUT2D eigenvalue weighted by Gasteiger charge is -2.58. The summed E-state index contributed by atoms with van der Waals surface area (Å²) in [5.74, 6) is -0.290. The molecule has 7 heteroatoms. The fourth-order valence-corrected chi connectivity index (χ4v) is 4.80. The van der Waals surface area contributed by atoms with Crippen molar-refractivity contribution in [3.05, 3.63) is 29.3 Å². The Labute approximate surface area is 139 Å². The Hall–Kier alpha value is -2.12. The molecule has 3 aliphatic rings. The SMILES string of the molecule is O=C1C[C@]23CCN[C@H](Cc4ccc(O)cc42)[C@]3(O)CCNC(=O)N1. The molecule has 2 saturated heterocycles. The molecule has 2 fully saturated rings. The van der Waals surface area contributed by atoms with Crippen molar-refractivity contribution in [3.63, 3.8) is 0 Å². The Morgan fingerprint density at radius 2 is 2.00 bits per heavy atom. The molecule has 0 saturated carbocycles. The van der Waals surface area contributed by atoms with E-state index in [9.17, 15) is 19.8 Å². The first-order valence-corrected chi connectivity index (χ1v) is 8.30. The third-order valence-corrected chi connectivity index (χ3v) is 5.89. The second kappa shape index (κ2) is 5.19. The van der Waals surface area contributed by atoms with E-state index in [1.54, 1.807) is 12.1 Å². The standard InChI is InChI=1S/C17H21N3O4/c21-11-2-1-10-7-13-17(24)4-6-19-15(23)20-14(22)9-16(17,3-5-18-13)12(10)8-11/h1-2,8,13,18,21,24H,3-7,9H2,(H2,19,20,22,23)/t13-,16-,17-/m1/s1. The Kier molecular flexibility index (Phi) is 3.33. The number of carbonyl (C=O) groups excluding carboxylic acids is 2. The average molecular weight is 331 g/mol. The van der Waals surface area contributed by atoms with Crippen molar-refractivity contribution in [2.24, 2.45) is 0 Å². The Morgan fingerprint density at radius 1 is 1.17 bits per heavy atom. The highest BCUT2D eigenvalue weighted by Gasteiger charge is 2.61. The number of benzene rings is 1. The van der Waals surface area contributed by atoms with E-state index >= 15 is 0 Å². The van der Waals surface area contributed by atoms with E-state index in [4.69, 9.17) is 0 Å². The van der Waals surface area contributed by atoms with Gasteiger partial charge in [0.15, 0.2) is 0 Å². The summed E-state index contributed by atoms with van der Waals surface area (Å²) in [7, 11) is 0. The number of amides is 3. The lowest BCUT2D eigenvalue weighted by molar-refractivity contribution is -0.134. The minimum atomic E-state index is -1.17. The van der Waals surface area contributed by atoms with Crippen LogP contribution in [0.15, 0.2) is 18.2 Å². The Morgan fingerprint density at radius 3 is 2.83 bits per heavy atom. The summed E-state index contributed by atoms with van der Waals surface area (Å²) in [5.41, 5.74) is -0.125. The van der Waals surface area contributed by atoms with E-state index in [2.05, 4.69) is 16.0 Å². The molecule has 24 heavy (non-hydrogen) atoms. The number of fused-ring (bicyclic) bond motifs is 1. The van der Waals surface area contributed by atoms with Crippen LogP contribution in [0.3, 0.4) is 0 Å². The summed E-state index contributed by atoms with van der Waals surface area (Å²) >= 11 is 0. The van der Waals surface area contributed by atoms with E-state index < -0.39 is 23.0 Å². The second-order valence-corrected chi connectivity index (χ2v) is 7.04. The normalized spacial score (nSPS) is 35.5. The van der Waals surface area contributed by atoms with E-state index in [-0.39, 0.29) is 24.8 Å². The first-order valence-electron chi connectivity index (χ1n) is 8.30. The third-order valence-electron chi connectivity index (χ3n) is 5.89. The molecule has 2 bridgehead atoms. The lowest BCUT2D eigenvalue weighted by Crippen LogP contribution is -2.71. The topological polar surface area (TPSA) is 111 Å². The number of hydrogen-bond acceptors (Lipinski definition) is 5. The molecule has 0 spiro atoms. The summed E-state index contributed by atoms with van der Waals surface area (Å²) in [6.07, 6.45) is 1.56. The maximum atomic E-state index is 12.4. The number of urea groups is 1. The van der Waals surface area contributed by atoms with Gasteiger partial charge in [0.25, 0.3) is 0 Å².